The van der Waals surface area contributed by atoms with Crippen molar-refractivity contribution in [1.82, 2.24) is 5.16 Å². The highest BCUT2D eigenvalue weighted by Gasteiger charge is 2.31. The van der Waals surface area contributed by atoms with Crippen molar-refractivity contribution in [3.63, 3.8) is 0 Å². The van der Waals surface area contributed by atoms with Crippen LogP contribution in [0.15, 0.2) is 15.7 Å². The van der Waals surface area contributed by atoms with Gasteiger partial charge in [0.1, 0.15) is 0 Å². The molecule has 0 spiro atoms. The van der Waals surface area contributed by atoms with Gasteiger partial charge in [-0.25, -0.2) is 0 Å². The van der Waals surface area contributed by atoms with E-state index in [1.807, 2.05) is 0 Å². The molecule has 0 radical (unpaired) electrons. The summed E-state index contributed by atoms with van der Waals surface area (Å²) in [4.78, 5) is 0. The van der Waals surface area contributed by atoms with Crippen LogP contribution in [-0.4, -0.2) is 10.7 Å². The molecular weight excluding hydrogens is 179 g/mol. The van der Waals surface area contributed by atoms with Gasteiger partial charge in [0.25, 0.3) is 0 Å². The maximum absolute atomic E-state index is 11.6. The Balaban J connectivity index is 2.65. The summed E-state index contributed by atoms with van der Waals surface area (Å²) in [7, 11) is 0. The van der Waals surface area contributed by atoms with Crippen molar-refractivity contribution in [3.05, 3.63) is 11.8 Å². The lowest BCUT2D eigenvalue weighted by Gasteiger charge is -1.99. The second kappa shape index (κ2) is 2.77. The molecule has 62 valence electrons. The van der Waals surface area contributed by atoms with Crippen molar-refractivity contribution in [2.24, 2.45) is 0 Å². The Labute approximate surface area is 64.7 Å². The van der Waals surface area contributed by atoms with Crippen LogP contribution in [0.25, 0.3) is 0 Å². The van der Waals surface area contributed by atoms with Crippen molar-refractivity contribution < 1.29 is 17.7 Å². The maximum Gasteiger partial charge on any atom is 0.449 e. The number of aromatic nitrogens is 1. The molecule has 0 bridgehead atoms. The minimum Gasteiger partial charge on any atom is -0.349 e. The largest absolute Gasteiger partial charge is 0.449 e. The van der Waals surface area contributed by atoms with Crippen molar-refractivity contribution in [2.75, 3.05) is 0 Å². The third-order valence-corrected chi connectivity index (χ3v) is 1.45. The summed E-state index contributed by atoms with van der Waals surface area (Å²) in [6.07, 6.45) is 0. The predicted octanol–water partition coefficient (Wildman–Crippen LogP) is 2.59. The molecule has 0 aliphatic rings. The molecule has 0 saturated carbocycles. The highest BCUT2D eigenvalue weighted by Crippen LogP contribution is 2.36. The fraction of sp³-hybridized carbons (Fsp3) is 0.400. The van der Waals surface area contributed by atoms with Crippen LogP contribution in [0.4, 0.5) is 13.2 Å². The molecule has 11 heavy (non-hydrogen) atoms. The van der Waals surface area contributed by atoms with E-state index in [-0.39, 0.29) is 16.9 Å². The SMILES string of the molecule is Cc1cc(SC(F)(F)F)on1. The topological polar surface area (TPSA) is 26.0 Å². The molecule has 0 amide bonds. The lowest BCUT2D eigenvalue weighted by atomic mass is 10.5. The Hall–Kier alpha value is -0.650. The van der Waals surface area contributed by atoms with Crippen LogP contribution in [0.1, 0.15) is 5.69 Å². The zero-order valence-corrected chi connectivity index (χ0v) is 6.29. The standard InChI is InChI=1S/C5H4F3NOS/c1-3-2-4(10-9-3)11-5(6,7)8/h2H,1H3. The molecule has 0 aliphatic carbocycles. The summed E-state index contributed by atoms with van der Waals surface area (Å²) < 4.78 is 39.2. The van der Waals surface area contributed by atoms with Crippen LogP contribution in [0, 0.1) is 6.92 Å². The van der Waals surface area contributed by atoms with Gasteiger partial charge in [0.15, 0.2) is 0 Å². The van der Waals surface area contributed by atoms with Crippen LogP contribution in [0.2, 0.25) is 0 Å². The number of alkyl halides is 3. The minimum atomic E-state index is -4.30. The number of hydrogen-bond acceptors (Lipinski definition) is 3. The molecule has 1 heterocycles. The van der Waals surface area contributed by atoms with Gasteiger partial charge in [-0.15, -0.1) is 0 Å². The second-order valence-corrected chi connectivity index (χ2v) is 2.90. The van der Waals surface area contributed by atoms with Gasteiger partial charge in [-0.1, -0.05) is 5.16 Å². The Morgan fingerprint density at radius 3 is 2.55 bits per heavy atom. The summed E-state index contributed by atoms with van der Waals surface area (Å²) in [5.41, 5.74) is -3.86. The van der Waals surface area contributed by atoms with E-state index in [1.165, 1.54) is 6.07 Å². The highest BCUT2D eigenvalue weighted by atomic mass is 32.2. The second-order valence-electron chi connectivity index (χ2n) is 1.84. The first-order chi connectivity index (χ1) is 4.97. The summed E-state index contributed by atoms with van der Waals surface area (Å²) in [6.45, 7) is 1.56. The van der Waals surface area contributed by atoms with E-state index in [2.05, 4.69) is 9.68 Å². The monoisotopic (exact) mass is 183 g/mol. The van der Waals surface area contributed by atoms with Crippen LogP contribution in [-0.2, 0) is 0 Å². The van der Waals surface area contributed by atoms with Crippen molar-refractivity contribution in [2.45, 2.75) is 17.5 Å². The molecule has 2 nitrogen and oxygen atoms in total. The van der Waals surface area contributed by atoms with E-state index < -0.39 is 5.51 Å². The van der Waals surface area contributed by atoms with Gasteiger partial charge in [-0.05, 0) is 6.92 Å². The van der Waals surface area contributed by atoms with Gasteiger partial charge < -0.3 is 4.52 Å². The fourth-order valence-corrected chi connectivity index (χ4v) is 1.03. The molecule has 0 atom stereocenters. The van der Waals surface area contributed by atoms with Gasteiger partial charge in [-0.3, -0.25) is 0 Å². The first-order valence-corrected chi connectivity index (χ1v) is 3.48. The average molecular weight is 183 g/mol. The minimum absolute atomic E-state index is 0.227. The summed E-state index contributed by atoms with van der Waals surface area (Å²) >= 11 is -0.308. The normalized spacial score (nSPS) is 12.0. The number of nitrogens with zero attached hydrogens (tertiary/aromatic N) is 1. The van der Waals surface area contributed by atoms with E-state index in [0.717, 1.165) is 0 Å². The van der Waals surface area contributed by atoms with Gasteiger partial charge in [0, 0.05) is 17.8 Å². The number of halogens is 3. The molecule has 0 fully saturated rings. The predicted molar refractivity (Wildman–Crippen MR) is 33.2 cm³/mol. The Morgan fingerprint density at radius 1 is 1.55 bits per heavy atom. The molecule has 0 aromatic carbocycles. The van der Waals surface area contributed by atoms with Gasteiger partial charge in [0.2, 0.25) is 5.09 Å². The first-order valence-electron chi connectivity index (χ1n) is 2.66. The van der Waals surface area contributed by atoms with Gasteiger partial charge in [0.05, 0.1) is 5.69 Å². The van der Waals surface area contributed by atoms with E-state index in [1.54, 1.807) is 6.92 Å². The number of hydrogen-bond donors (Lipinski definition) is 0. The van der Waals surface area contributed by atoms with E-state index in [4.69, 9.17) is 0 Å². The van der Waals surface area contributed by atoms with Crippen molar-refractivity contribution >= 4 is 11.8 Å². The first kappa shape index (κ1) is 8.45. The Morgan fingerprint density at radius 2 is 2.18 bits per heavy atom. The number of rotatable bonds is 1. The molecule has 0 saturated heterocycles. The highest BCUT2D eigenvalue weighted by molar-refractivity contribution is 8.00. The third-order valence-electron chi connectivity index (χ3n) is 0.823. The Kier molecular flexibility index (Phi) is 2.12. The van der Waals surface area contributed by atoms with Crippen LogP contribution in [0.3, 0.4) is 0 Å². The Bertz CT molecular complexity index is 244. The lowest BCUT2D eigenvalue weighted by Crippen LogP contribution is -1.97. The molecule has 0 N–H and O–H groups in total. The van der Waals surface area contributed by atoms with Crippen LogP contribution < -0.4 is 0 Å². The molecule has 1 rings (SSSR count). The number of aryl methyl sites for hydroxylation is 1. The average Bonchev–Trinajstić information content (AvgIpc) is 2.10. The molecule has 0 unspecified atom stereocenters. The van der Waals surface area contributed by atoms with E-state index >= 15 is 0 Å². The van der Waals surface area contributed by atoms with Crippen molar-refractivity contribution in [3.8, 4) is 0 Å². The fourth-order valence-electron chi connectivity index (χ4n) is 0.502. The zero-order chi connectivity index (χ0) is 8.48. The molecule has 6 heteroatoms. The van der Waals surface area contributed by atoms with E-state index in [9.17, 15) is 13.2 Å². The summed E-state index contributed by atoms with van der Waals surface area (Å²) in [6, 6.07) is 1.23. The summed E-state index contributed by atoms with van der Waals surface area (Å²) in [5, 5.41) is 3.08. The van der Waals surface area contributed by atoms with E-state index in [0.29, 0.717) is 5.69 Å². The number of thioether (sulfide) groups is 1. The van der Waals surface area contributed by atoms with Crippen molar-refractivity contribution in [1.29, 1.82) is 0 Å². The third kappa shape index (κ3) is 2.83. The zero-order valence-electron chi connectivity index (χ0n) is 5.47. The molecule has 1 aromatic heterocycles. The van der Waals surface area contributed by atoms with Crippen LogP contribution in [0.5, 0.6) is 0 Å². The summed E-state index contributed by atoms with van der Waals surface area (Å²) in [5.74, 6) is 0. The van der Waals surface area contributed by atoms with Crippen LogP contribution >= 0.6 is 11.8 Å². The molecular formula is C5H4F3NOS. The van der Waals surface area contributed by atoms with Gasteiger partial charge in [-0.2, -0.15) is 13.2 Å². The molecule has 1 aromatic rings. The lowest BCUT2D eigenvalue weighted by molar-refractivity contribution is -0.0336. The molecule has 0 aliphatic heterocycles. The maximum atomic E-state index is 11.6. The quantitative estimate of drug-likeness (QED) is 0.626. The smallest absolute Gasteiger partial charge is 0.349 e. The van der Waals surface area contributed by atoms with Gasteiger partial charge >= 0.3 is 5.51 Å².